The third-order valence-electron chi connectivity index (χ3n) is 4.99. The first-order valence-corrected chi connectivity index (χ1v) is 11.2. The SMILES string of the molecule is CCCSc1nc2sc3c(c2c(=O)n1Cc1ccccc1)C[C@H](C)CC3. The fourth-order valence-corrected chi connectivity index (χ4v) is 5.73. The Morgan fingerprint density at radius 2 is 2.12 bits per heavy atom. The number of aromatic nitrogens is 2. The minimum atomic E-state index is 0.143. The van der Waals surface area contributed by atoms with Crippen LogP contribution in [0.1, 0.15) is 42.7 Å². The van der Waals surface area contributed by atoms with Gasteiger partial charge in [0.1, 0.15) is 4.83 Å². The normalized spacial score (nSPS) is 16.8. The van der Waals surface area contributed by atoms with E-state index in [1.165, 1.54) is 16.9 Å². The van der Waals surface area contributed by atoms with Gasteiger partial charge in [-0.15, -0.1) is 11.3 Å². The monoisotopic (exact) mass is 384 g/mol. The van der Waals surface area contributed by atoms with Crippen LogP contribution in [-0.4, -0.2) is 15.3 Å². The summed E-state index contributed by atoms with van der Waals surface area (Å²) in [5.41, 5.74) is 2.56. The zero-order valence-corrected chi connectivity index (χ0v) is 17.0. The van der Waals surface area contributed by atoms with Crippen LogP contribution in [0, 0.1) is 5.92 Å². The molecule has 0 radical (unpaired) electrons. The maximum atomic E-state index is 13.5. The minimum Gasteiger partial charge on any atom is -0.283 e. The molecular formula is C21H24N2OS2. The van der Waals surface area contributed by atoms with Crippen LogP contribution in [0.2, 0.25) is 0 Å². The molecule has 0 unspecified atom stereocenters. The van der Waals surface area contributed by atoms with Gasteiger partial charge in [-0.2, -0.15) is 0 Å². The van der Waals surface area contributed by atoms with Crippen molar-refractivity contribution in [2.45, 2.75) is 51.2 Å². The van der Waals surface area contributed by atoms with Crippen LogP contribution >= 0.6 is 23.1 Å². The average Bonchev–Trinajstić information content (AvgIpc) is 3.01. The molecule has 3 aromatic rings. The Morgan fingerprint density at radius 3 is 2.88 bits per heavy atom. The number of hydrogen-bond acceptors (Lipinski definition) is 4. The Morgan fingerprint density at radius 1 is 1.31 bits per heavy atom. The number of nitrogens with zero attached hydrogens (tertiary/aromatic N) is 2. The average molecular weight is 385 g/mol. The third-order valence-corrected chi connectivity index (χ3v) is 7.36. The van der Waals surface area contributed by atoms with Crippen molar-refractivity contribution in [1.29, 1.82) is 0 Å². The molecule has 2 aromatic heterocycles. The molecule has 1 aromatic carbocycles. The largest absolute Gasteiger partial charge is 0.283 e. The van der Waals surface area contributed by atoms with Crippen molar-refractivity contribution in [2.75, 3.05) is 5.75 Å². The molecular weight excluding hydrogens is 360 g/mol. The summed E-state index contributed by atoms with van der Waals surface area (Å²) < 4.78 is 1.89. The van der Waals surface area contributed by atoms with Crippen LogP contribution in [0.15, 0.2) is 40.3 Å². The lowest BCUT2D eigenvalue weighted by molar-refractivity contribution is 0.508. The van der Waals surface area contributed by atoms with Gasteiger partial charge >= 0.3 is 0 Å². The van der Waals surface area contributed by atoms with Gasteiger partial charge in [0, 0.05) is 10.6 Å². The topological polar surface area (TPSA) is 34.9 Å². The van der Waals surface area contributed by atoms with E-state index < -0.39 is 0 Å². The summed E-state index contributed by atoms with van der Waals surface area (Å²) in [6.07, 6.45) is 4.39. The van der Waals surface area contributed by atoms with E-state index in [0.717, 1.165) is 46.0 Å². The van der Waals surface area contributed by atoms with Crippen molar-refractivity contribution in [3.05, 3.63) is 56.7 Å². The smallest absolute Gasteiger partial charge is 0.263 e. The Bertz CT molecular complexity index is 975. The van der Waals surface area contributed by atoms with Crippen LogP contribution in [0.5, 0.6) is 0 Å². The van der Waals surface area contributed by atoms with Gasteiger partial charge in [0.25, 0.3) is 5.56 Å². The number of aryl methyl sites for hydroxylation is 1. The molecule has 0 saturated carbocycles. The number of hydrogen-bond donors (Lipinski definition) is 0. The summed E-state index contributed by atoms with van der Waals surface area (Å²) in [7, 11) is 0. The van der Waals surface area contributed by atoms with Crippen molar-refractivity contribution in [2.24, 2.45) is 5.92 Å². The summed E-state index contributed by atoms with van der Waals surface area (Å²) in [5, 5.41) is 1.74. The van der Waals surface area contributed by atoms with Crippen molar-refractivity contribution in [3.8, 4) is 0 Å². The fraction of sp³-hybridized carbons (Fsp3) is 0.429. The van der Waals surface area contributed by atoms with Gasteiger partial charge < -0.3 is 0 Å². The van der Waals surface area contributed by atoms with E-state index in [-0.39, 0.29) is 5.56 Å². The quantitative estimate of drug-likeness (QED) is 0.452. The lowest BCUT2D eigenvalue weighted by Gasteiger charge is -2.18. The second-order valence-corrected chi connectivity index (χ2v) is 9.30. The van der Waals surface area contributed by atoms with Gasteiger partial charge in [-0.1, -0.05) is 55.9 Å². The van der Waals surface area contributed by atoms with Crippen LogP contribution in [0.25, 0.3) is 10.2 Å². The lowest BCUT2D eigenvalue weighted by Crippen LogP contribution is -2.24. The molecule has 1 atom stereocenters. The summed E-state index contributed by atoms with van der Waals surface area (Å²) in [6.45, 7) is 5.04. The molecule has 3 nitrogen and oxygen atoms in total. The molecule has 0 saturated heterocycles. The molecule has 2 heterocycles. The zero-order chi connectivity index (χ0) is 18.1. The first-order chi connectivity index (χ1) is 12.7. The molecule has 1 aliphatic carbocycles. The summed E-state index contributed by atoms with van der Waals surface area (Å²) in [6, 6.07) is 10.2. The summed E-state index contributed by atoms with van der Waals surface area (Å²) in [4.78, 5) is 20.7. The third kappa shape index (κ3) is 3.35. The van der Waals surface area contributed by atoms with Crippen molar-refractivity contribution >= 4 is 33.3 Å². The molecule has 0 aliphatic heterocycles. The van der Waals surface area contributed by atoms with Crippen molar-refractivity contribution < 1.29 is 0 Å². The molecule has 0 N–H and O–H groups in total. The second kappa shape index (κ2) is 7.57. The first kappa shape index (κ1) is 17.8. The maximum Gasteiger partial charge on any atom is 0.263 e. The fourth-order valence-electron chi connectivity index (χ4n) is 3.62. The van der Waals surface area contributed by atoms with Crippen LogP contribution in [-0.2, 0) is 19.4 Å². The zero-order valence-electron chi connectivity index (χ0n) is 15.3. The Balaban J connectivity index is 1.87. The number of fused-ring (bicyclic) bond motifs is 3. The maximum absolute atomic E-state index is 13.5. The highest BCUT2D eigenvalue weighted by Crippen LogP contribution is 2.36. The van der Waals surface area contributed by atoms with E-state index in [1.54, 1.807) is 23.1 Å². The molecule has 0 bridgehead atoms. The highest BCUT2D eigenvalue weighted by Gasteiger charge is 2.24. The second-order valence-electron chi connectivity index (χ2n) is 7.15. The molecule has 4 rings (SSSR count). The standard InChI is InChI=1S/C21H24N2OS2/c1-3-11-25-21-22-19-18(16-12-14(2)9-10-17(16)26-19)20(24)23(21)13-15-7-5-4-6-8-15/h4-8,14H,3,9-13H2,1-2H3/t14-/m1/s1. The molecule has 26 heavy (non-hydrogen) atoms. The molecule has 0 fully saturated rings. The van der Waals surface area contributed by atoms with Gasteiger partial charge in [0.15, 0.2) is 5.16 Å². The number of thiophene rings is 1. The Hall–Kier alpha value is -1.59. The highest BCUT2D eigenvalue weighted by atomic mass is 32.2. The van der Waals surface area contributed by atoms with E-state index in [4.69, 9.17) is 4.98 Å². The van der Waals surface area contributed by atoms with Crippen LogP contribution in [0.3, 0.4) is 0 Å². The Labute approximate surface area is 162 Å². The number of rotatable bonds is 5. The summed E-state index contributed by atoms with van der Waals surface area (Å²) in [5.74, 6) is 1.63. The first-order valence-electron chi connectivity index (χ1n) is 9.39. The van der Waals surface area contributed by atoms with E-state index >= 15 is 0 Å². The molecule has 5 heteroatoms. The predicted octanol–water partition coefficient (Wildman–Crippen LogP) is 5.13. The van der Waals surface area contributed by atoms with E-state index in [9.17, 15) is 4.79 Å². The summed E-state index contributed by atoms with van der Waals surface area (Å²) >= 11 is 3.44. The number of benzene rings is 1. The van der Waals surface area contributed by atoms with Gasteiger partial charge in [-0.3, -0.25) is 9.36 Å². The van der Waals surface area contributed by atoms with E-state index in [2.05, 4.69) is 26.0 Å². The van der Waals surface area contributed by atoms with Gasteiger partial charge in [-0.25, -0.2) is 4.98 Å². The van der Waals surface area contributed by atoms with Gasteiger partial charge in [-0.05, 0) is 42.7 Å². The van der Waals surface area contributed by atoms with Crippen LogP contribution in [0.4, 0.5) is 0 Å². The molecule has 0 amide bonds. The lowest BCUT2D eigenvalue weighted by atomic mass is 9.89. The highest BCUT2D eigenvalue weighted by molar-refractivity contribution is 7.99. The van der Waals surface area contributed by atoms with E-state index in [1.807, 2.05) is 22.8 Å². The molecule has 1 aliphatic rings. The van der Waals surface area contributed by atoms with Crippen molar-refractivity contribution in [3.63, 3.8) is 0 Å². The van der Waals surface area contributed by atoms with E-state index in [0.29, 0.717) is 12.5 Å². The van der Waals surface area contributed by atoms with Gasteiger partial charge in [0.2, 0.25) is 0 Å². The Kier molecular flexibility index (Phi) is 5.18. The molecule has 0 spiro atoms. The van der Waals surface area contributed by atoms with Crippen LogP contribution < -0.4 is 5.56 Å². The minimum absolute atomic E-state index is 0.143. The predicted molar refractivity (Wildman–Crippen MR) is 112 cm³/mol. The molecule has 136 valence electrons. The van der Waals surface area contributed by atoms with Gasteiger partial charge in [0.05, 0.1) is 11.9 Å². The number of thioether (sulfide) groups is 1. The van der Waals surface area contributed by atoms with Crippen molar-refractivity contribution in [1.82, 2.24) is 9.55 Å².